The molecule has 1 fully saturated rings. The first kappa shape index (κ1) is 17.9. The predicted octanol–water partition coefficient (Wildman–Crippen LogP) is -0.783. The maximum atomic E-state index is 11.9. The lowest BCUT2D eigenvalue weighted by molar-refractivity contribution is -0.906. The highest BCUT2D eigenvalue weighted by molar-refractivity contribution is 7.80. The Labute approximate surface area is 152 Å². The number of carbonyl (C=O) groups excluding carboxylic acids is 1. The Morgan fingerprint density at radius 2 is 2.16 bits per heavy atom. The molecule has 2 aliphatic rings. The molecule has 0 aromatic heterocycles. The van der Waals surface area contributed by atoms with Crippen molar-refractivity contribution in [3.63, 3.8) is 0 Å². The number of benzene rings is 1. The van der Waals surface area contributed by atoms with E-state index in [-0.39, 0.29) is 0 Å². The Morgan fingerprint density at radius 3 is 2.92 bits per heavy atom. The molecule has 8 heteroatoms. The summed E-state index contributed by atoms with van der Waals surface area (Å²) in [5.41, 5.74) is 0.860. The quantitative estimate of drug-likeness (QED) is 0.535. The molecule has 136 valence electrons. The molecule has 0 unspecified atom stereocenters. The highest BCUT2D eigenvalue weighted by Gasteiger charge is 2.33. The molecule has 0 radical (unpaired) electrons. The number of ether oxygens (including phenoxy) is 3. The van der Waals surface area contributed by atoms with Crippen LogP contribution in [0.25, 0.3) is 0 Å². The Hall–Kier alpha value is -1.90. The monoisotopic (exact) mass is 366 g/mol. The van der Waals surface area contributed by atoms with Crippen molar-refractivity contribution in [2.75, 3.05) is 57.9 Å². The van der Waals surface area contributed by atoms with Crippen molar-refractivity contribution in [1.29, 1.82) is 0 Å². The Balaban J connectivity index is 1.62. The molecular weight excluding hydrogens is 342 g/mol. The highest BCUT2D eigenvalue weighted by atomic mass is 32.1. The van der Waals surface area contributed by atoms with Crippen molar-refractivity contribution < 1.29 is 23.9 Å². The molecule has 0 spiro atoms. The first-order valence-corrected chi connectivity index (χ1v) is 8.90. The van der Waals surface area contributed by atoms with E-state index < -0.39 is 12.1 Å². The standard InChI is InChI=1S/C17H23N3O4S/c1-22-16(21)15-12-20(13-4-2-3-5-14(13)24-15)17(25)18-6-7-19-8-10-23-11-9-19/h2-5,15H,6-12H2,1H3,(H,18,25)/p+1/t15-/m1/s1. The summed E-state index contributed by atoms with van der Waals surface area (Å²) in [5, 5.41) is 3.90. The van der Waals surface area contributed by atoms with Gasteiger partial charge >= 0.3 is 5.97 Å². The number of hydrogen-bond acceptors (Lipinski definition) is 5. The smallest absolute Gasteiger partial charge is 0.348 e. The van der Waals surface area contributed by atoms with Gasteiger partial charge in [0.25, 0.3) is 0 Å². The largest absolute Gasteiger partial charge is 0.475 e. The Kier molecular flexibility index (Phi) is 6.06. The molecule has 0 aliphatic carbocycles. The molecule has 0 bridgehead atoms. The number of nitrogens with zero attached hydrogens (tertiary/aromatic N) is 1. The van der Waals surface area contributed by atoms with E-state index in [1.54, 1.807) is 0 Å². The van der Waals surface area contributed by atoms with Gasteiger partial charge in [0.1, 0.15) is 18.8 Å². The van der Waals surface area contributed by atoms with E-state index in [1.165, 1.54) is 12.0 Å². The number of para-hydroxylation sites is 2. The molecule has 2 aliphatic heterocycles. The van der Waals surface area contributed by atoms with E-state index in [0.29, 0.717) is 17.4 Å². The lowest BCUT2D eigenvalue weighted by Crippen LogP contribution is -3.14. The van der Waals surface area contributed by atoms with Crippen LogP contribution in [0, 0.1) is 0 Å². The third-order valence-corrected chi connectivity index (χ3v) is 4.80. The fourth-order valence-corrected chi connectivity index (χ4v) is 3.31. The number of methoxy groups -OCH3 is 1. The van der Waals surface area contributed by atoms with Gasteiger partial charge in [-0.15, -0.1) is 0 Å². The van der Waals surface area contributed by atoms with Gasteiger partial charge in [-0.2, -0.15) is 0 Å². The van der Waals surface area contributed by atoms with Crippen LogP contribution in [0.5, 0.6) is 5.75 Å². The maximum Gasteiger partial charge on any atom is 0.348 e. The van der Waals surface area contributed by atoms with Crippen molar-refractivity contribution in [3.05, 3.63) is 24.3 Å². The molecule has 25 heavy (non-hydrogen) atoms. The molecule has 2 heterocycles. The normalized spacial score (nSPS) is 20.4. The number of rotatable bonds is 4. The molecule has 1 saturated heterocycles. The SMILES string of the molecule is COC(=O)[C@H]1CN(C(=S)NCC[NH+]2CCOCC2)c2ccccc2O1. The number of fused-ring (bicyclic) bond motifs is 1. The van der Waals surface area contributed by atoms with Gasteiger partial charge in [0.15, 0.2) is 5.11 Å². The fourth-order valence-electron chi connectivity index (χ4n) is 3.03. The molecular formula is C17H24N3O4S+. The van der Waals surface area contributed by atoms with Crippen LogP contribution in [0.1, 0.15) is 0 Å². The zero-order chi connectivity index (χ0) is 17.6. The van der Waals surface area contributed by atoms with Crippen LogP contribution in [0.15, 0.2) is 24.3 Å². The second-order valence-electron chi connectivity index (χ2n) is 6.05. The van der Waals surface area contributed by atoms with Gasteiger partial charge in [0.05, 0.1) is 45.6 Å². The Bertz CT molecular complexity index is 622. The van der Waals surface area contributed by atoms with Crippen molar-refractivity contribution in [3.8, 4) is 5.75 Å². The van der Waals surface area contributed by atoms with Gasteiger partial charge in [-0.05, 0) is 24.4 Å². The van der Waals surface area contributed by atoms with Gasteiger partial charge in [-0.1, -0.05) is 12.1 Å². The minimum Gasteiger partial charge on any atom is -0.475 e. The molecule has 1 aromatic rings. The number of morpholine rings is 1. The van der Waals surface area contributed by atoms with Gasteiger partial charge in [-0.25, -0.2) is 4.79 Å². The second-order valence-corrected chi connectivity index (χ2v) is 6.44. The number of anilines is 1. The van der Waals surface area contributed by atoms with Crippen LogP contribution in [0.3, 0.4) is 0 Å². The van der Waals surface area contributed by atoms with Crippen LogP contribution in [-0.4, -0.2) is 70.2 Å². The van der Waals surface area contributed by atoms with Crippen molar-refractivity contribution >= 4 is 29.0 Å². The van der Waals surface area contributed by atoms with E-state index in [9.17, 15) is 4.79 Å². The molecule has 1 aromatic carbocycles. The summed E-state index contributed by atoms with van der Waals surface area (Å²) < 4.78 is 15.9. The predicted molar refractivity (Wildman–Crippen MR) is 97.2 cm³/mol. The first-order valence-electron chi connectivity index (χ1n) is 8.49. The van der Waals surface area contributed by atoms with Crippen molar-refractivity contribution in [2.45, 2.75) is 6.10 Å². The van der Waals surface area contributed by atoms with Crippen LogP contribution < -0.4 is 19.9 Å². The number of esters is 1. The van der Waals surface area contributed by atoms with Crippen LogP contribution in [0.4, 0.5) is 5.69 Å². The summed E-state index contributed by atoms with van der Waals surface area (Å²) in [6.07, 6.45) is -0.690. The summed E-state index contributed by atoms with van der Waals surface area (Å²) in [6, 6.07) is 7.56. The topological polar surface area (TPSA) is 64.5 Å². The maximum absolute atomic E-state index is 11.9. The number of quaternary nitrogens is 1. The number of nitrogens with one attached hydrogen (secondary N) is 2. The highest BCUT2D eigenvalue weighted by Crippen LogP contribution is 2.33. The fraction of sp³-hybridized carbons (Fsp3) is 0.529. The van der Waals surface area contributed by atoms with E-state index in [0.717, 1.165) is 45.1 Å². The zero-order valence-electron chi connectivity index (χ0n) is 14.3. The van der Waals surface area contributed by atoms with Gasteiger partial charge in [0, 0.05) is 0 Å². The van der Waals surface area contributed by atoms with E-state index in [2.05, 4.69) is 5.32 Å². The molecule has 3 rings (SSSR count). The average molecular weight is 366 g/mol. The molecule has 1 atom stereocenters. The third kappa shape index (κ3) is 4.39. The Morgan fingerprint density at radius 1 is 1.40 bits per heavy atom. The minimum atomic E-state index is -0.690. The zero-order valence-corrected chi connectivity index (χ0v) is 15.1. The average Bonchev–Trinajstić information content (AvgIpc) is 2.67. The van der Waals surface area contributed by atoms with Gasteiger partial charge in [0.2, 0.25) is 6.10 Å². The lowest BCUT2D eigenvalue weighted by Gasteiger charge is -2.35. The van der Waals surface area contributed by atoms with Crippen molar-refractivity contribution in [1.82, 2.24) is 5.32 Å². The molecule has 0 saturated carbocycles. The van der Waals surface area contributed by atoms with Crippen LogP contribution in [0.2, 0.25) is 0 Å². The molecule has 0 amide bonds. The summed E-state index contributed by atoms with van der Waals surface area (Å²) in [5.74, 6) is 0.229. The molecule has 7 nitrogen and oxygen atoms in total. The third-order valence-electron chi connectivity index (χ3n) is 4.44. The summed E-state index contributed by atoms with van der Waals surface area (Å²) in [6.45, 7) is 5.78. The van der Waals surface area contributed by atoms with Crippen LogP contribution in [-0.2, 0) is 14.3 Å². The minimum absolute atomic E-state index is 0.333. The van der Waals surface area contributed by atoms with Crippen molar-refractivity contribution in [2.24, 2.45) is 0 Å². The van der Waals surface area contributed by atoms with E-state index in [4.69, 9.17) is 26.4 Å². The summed E-state index contributed by atoms with van der Waals surface area (Å²) >= 11 is 5.57. The molecule has 2 N–H and O–H groups in total. The second kappa shape index (κ2) is 8.46. The van der Waals surface area contributed by atoms with Gasteiger partial charge < -0.3 is 29.3 Å². The number of hydrogen-bond donors (Lipinski definition) is 2. The van der Waals surface area contributed by atoms with Gasteiger partial charge in [-0.3, -0.25) is 0 Å². The lowest BCUT2D eigenvalue weighted by atomic mass is 10.2. The first-order chi connectivity index (χ1) is 12.2. The van der Waals surface area contributed by atoms with Crippen LogP contribution >= 0.6 is 12.2 Å². The van der Waals surface area contributed by atoms with E-state index in [1.807, 2.05) is 29.2 Å². The summed E-state index contributed by atoms with van der Waals surface area (Å²) in [7, 11) is 1.36. The number of carbonyl (C=O) groups is 1. The van der Waals surface area contributed by atoms with E-state index >= 15 is 0 Å². The number of thiocarbonyl (C=S) groups is 1. The summed E-state index contributed by atoms with van der Waals surface area (Å²) in [4.78, 5) is 15.3.